The molecule has 0 aliphatic rings. The third kappa shape index (κ3) is 5.95. The minimum Gasteiger partial charge on any atom is -0.497 e. The van der Waals surface area contributed by atoms with Crippen LogP contribution >= 0.6 is 0 Å². The van der Waals surface area contributed by atoms with Gasteiger partial charge >= 0.3 is 6.03 Å². The number of carbonyl (C=O) groups is 1. The average molecular weight is 326 g/mol. The quantitative estimate of drug-likeness (QED) is 0.776. The van der Waals surface area contributed by atoms with Crippen molar-refractivity contribution in [2.45, 2.75) is 25.7 Å². The first-order valence-electron chi connectivity index (χ1n) is 8.38. The van der Waals surface area contributed by atoms with Gasteiger partial charge in [0.25, 0.3) is 0 Å². The zero-order valence-corrected chi connectivity index (χ0v) is 14.4. The first-order chi connectivity index (χ1) is 11.7. The second kappa shape index (κ2) is 9.60. The SMILES string of the molecule is COc1ccc(CCNC(=O)NCCC(C)c2ccccc2)cc1. The fourth-order valence-corrected chi connectivity index (χ4v) is 2.53. The number of ether oxygens (including phenoxy) is 1. The maximum atomic E-state index is 11.8. The average Bonchev–Trinajstić information content (AvgIpc) is 2.63. The fraction of sp³-hybridized carbons (Fsp3) is 0.350. The molecular weight excluding hydrogens is 300 g/mol. The van der Waals surface area contributed by atoms with Crippen LogP contribution in [0.3, 0.4) is 0 Å². The minimum absolute atomic E-state index is 0.108. The Morgan fingerprint density at radius 3 is 2.33 bits per heavy atom. The van der Waals surface area contributed by atoms with Gasteiger partial charge in [0.1, 0.15) is 5.75 Å². The smallest absolute Gasteiger partial charge is 0.314 e. The van der Waals surface area contributed by atoms with Gasteiger partial charge in [0.2, 0.25) is 0 Å². The normalized spacial score (nSPS) is 11.6. The number of benzene rings is 2. The molecule has 0 radical (unpaired) electrons. The Morgan fingerprint density at radius 2 is 1.67 bits per heavy atom. The monoisotopic (exact) mass is 326 g/mol. The number of methoxy groups -OCH3 is 1. The number of urea groups is 1. The summed E-state index contributed by atoms with van der Waals surface area (Å²) in [5, 5.41) is 5.81. The molecule has 0 aromatic heterocycles. The third-order valence-corrected chi connectivity index (χ3v) is 4.09. The number of hydrogen-bond acceptors (Lipinski definition) is 2. The lowest BCUT2D eigenvalue weighted by Crippen LogP contribution is -2.37. The van der Waals surface area contributed by atoms with Crippen LogP contribution in [0.5, 0.6) is 5.75 Å². The summed E-state index contributed by atoms with van der Waals surface area (Å²) in [5.74, 6) is 1.28. The molecule has 0 saturated carbocycles. The van der Waals surface area contributed by atoms with Crippen molar-refractivity contribution in [3.63, 3.8) is 0 Å². The fourth-order valence-electron chi connectivity index (χ4n) is 2.53. The summed E-state index contributed by atoms with van der Waals surface area (Å²) in [4.78, 5) is 11.8. The Hall–Kier alpha value is -2.49. The molecule has 1 atom stereocenters. The molecule has 4 nitrogen and oxygen atoms in total. The molecule has 0 heterocycles. The van der Waals surface area contributed by atoms with Crippen molar-refractivity contribution in [1.82, 2.24) is 10.6 Å². The number of rotatable bonds is 8. The first kappa shape index (κ1) is 17.9. The molecule has 24 heavy (non-hydrogen) atoms. The number of amides is 2. The maximum Gasteiger partial charge on any atom is 0.314 e. The van der Waals surface area contributed by atoms with Gasteiger partial charge in [-0.25, -0.2) is 4.79 Å². The van der Waals surface area contributed by atoms with Gasteiger partial charge in [-0.3, -0.25) is 0 Å². The standard InChI is InChI=1S/C20H26N2O2/c1-16(18-6-4-3-5-7-18)12-14-21-20(23)22-15-13-17-8-10-19(24-2)11-9-17/h3-11,16H,12-15H2,1-2H3,(H2,21,22,23). The van der Waals surface area contributed by atoms with Crippen molar-refractivity contribution >= 4 is 6.03 Å². The Morgan fingerprint density at radius 1 is 1.00 bits per heavy atom. The van der Waals surface area contributed by atoms with Crippen LogP contribution < -0.4 is 15.4 Å². The molecule has 0 aliphatic heterocycles. The van der Waals surface area contributed by atoms with Crippen LogP contribution in [0.25, 0.3) is 0 Å². The van der Waals surface area contributed by atoms with E-state index in [4.69, 9.17) is 4.74 Å². The summed E-state index contributed by atoms with van der Waals surface area (Å²) in [7, 11) is 1.65. The van der Waals surface area contributed by atoms with Crippen LogP contribution in [0.1, 0.15) is 30.4 Å². The lowest BCUT2D eigenvalue weighted by atomic mass is 9.98. The number of nitrogens with one attached hydrogen (secondary N) is 2. The summed E-state index contributed by atoms with van der Waals surface area (Å²) < 4.78 is 5.13. The van der Waals surface area contributed by atoms with Crippen LogP contribution in [0.4, 0.5) is 4.79 Å². The van der Waals surface area contributed by atoms with Gasteiger partial charge in [0, 0.05) is 13.1 Å². The number of carbonyl (C=O) groups excluding carboxylic acids is 1. The van der Waals surface area contributed by atoms with Crippen LogP contribution in [-0.4, -0.2) is 26.2 Å². The Kier molecular flexibility index (Phi) is 7.15. The summed E-state index contributed by atoms with van der Waals surface area (Å²) in [5.41, 5.74) is 2.48. The highest BCUT2D eigenvalue weighted by Gasteiger charge is 2.06. The molecule has 2 amide bonds. The van der Waals surface area contributed by atoms with Crippen LogP contribution in [-0.2, 0) is 6.42 Å². The van der Waals surface area contributed by atoms with Crippen molar-refractivity contribution in [1.29, 1.82) is 0 Å². The summed E-state index contributed by atoms with van der Waals surface area (Å²) in [6, 6.07) is 18.1. The van der Waals surface area contributed by atoms with Crippen molar-refractivity contribution < 1.29 is 9.53 Å². The Balaban J connectivity index is 1.61. The van der Waals surface area contributed by atoms with Gasteiger partial charge in [-0.2, -0.15) is 0 Å². The Bertz CT molecular complexity index is 611. The molecule has 2 aromatic rings. The van der Waals surface area contributed by atoms with Crippen molar-refractivity contribution in [2.24, 2.45) is 0 Å². The highest BCUT2D eigenvalue weighted by atomic mass is 16.5. The molecule has 0 aliphatic carbocycles. The van der Waals surface area contributed by atoms with Gasteiger partial charge in [0.05, 0.1) is 7.11 Å². The predicted octanol–water partition coefficient (Wildman–Crippen LogP) is 3.73. The van der Waals surface area contributed by atoms with E-state index >= 15 is 0 Å². The van der Waals surface area contributed by atoms with Crippen LogP contribution in [0, 0.1) is 0 Å². The second-order valence-electron chi connectivity index (χ2n) is 5.88. The molecule has 4 heteroatoms. The summed E-state index contributed by atoms with van der Waals surface area (Å²) in [6.07, 6.45) is 1.73. The summed E-state index contributed by atoms with van der Waals surface area (Å²) in [6.45, 7) is 3.47. The molecule has 0 bridgehead atoms. The van der Waals surface area contributed by atoms with Crippen molar-refractivity contribution in [3.05, 3.63) is 65.7 Å². The molecule has 1 unspecified atom stereocenters. The molecular formula is C20H26N2O2. The van der Waals surface area contributed by atoms with Gasteiger partial charge in [0.15, 0.2) is 0 Å². The van der Waals surface area contributed by atoms with E-state index in [0.29, 0.717) is 19.0 Å². The van der Waals surface area contributed by atoms with E-state index in [0.717, 1.165) is 18.6 Å². The van der Waals surface area contributed by atoms with E-state index in [-0.39, 0.29) is 6.03 Å². The molecule has 2 N–H and O–H groups in total. The van der Waals surface area contributed by atoms with E-state index in [2.05, 4.69) is 29.7 Å². The molecule has 2 rings (SSSR count). The topological polar surface area (TPSA) is 50.4 Å². The molecule has 2 aromatic carbocycles. The largest absolute Gasteiger partial charge is 0.497 e. The molecule has 0 spiro atoms. The third-order valence-electron chi connectivity index (χ3n) is 4.09. The first-order valence-corrected chi connectivity index (χ1v) is 8.38. The lowest BCUT2D eigenvalue weighted by Gasteiger charge is -2.13. The van der Waals surface area contributed by atoms with E-state index in [9.17, 15) is 4.79 Å². The number of hydrogen-bond donors (Lipinski definition) is 2. The predicted molar refractivity (Wildman–Crippen MR) is 97.6 cm³/mol. The van der Waals surface area contributed by atoms with Gasteiger partial charge < -0.3 is 15.4 Å². The van der Waals surface area contributed by atoms with Gasteiger partial charge in [-0.1, -0.05) is 49.4 Å². The zero-order chi connectivity index (χ0) is 17.2. The maximum absolute atomic E-state index is 11.8. The van der Waals surface area contributed by atoms with E-state index < -0.39 is 0 Å². The highest BCUT2D eigenvalue weighted by molar-refractivity contribution is 5.73. The van der Waals surface area contributed by atoms with Crippen molar-refractivity contribution in [3.8, 4) is 5.75 Å². The summed E-state index contributed by atoms with van der Waals surface area (Å²) >= 11 is 0. The lowest BCUT2D eigenvalue weighted by molar-refractivity contribution is 0.240. The van der Waals surface area contributed by atoms with Crippen LogP contribution in [0.15, 0.2) is 54.6 Å². The molecule has 0 saturated heterocycles. The van der Waals surface area contributed by atoms with Crippen molar-refractivity contribution in [2.75, 3.05) is 20.2 Å². The van der Waals surface area contributed by atoms with Gasteiger partial charge in [-0.15, -0.1) is 0 Å². The molecule has 0 fully saturated rings. The minimum atomic E-state index is -0.108. The van der Waals surface area contributed by atoms with Crippen LogP contribution in [0.2, 0.25) is 0 Å². The van der Waals surface area contributed by atoms with E-state index in [1.54, 1.807) is 7.11 Å². The van der Waals surface area contributed by atoms with E-state index in [1.165, 1.54) is 11.1 Å². The van der Waals surface area contributed by atoms with E-state index in [1.807, 2.05) is 42.5 Å². The Labute approximate surface area is 144 Å². The second-order valence-corrected chi connectivity index (χ2v) is 5.88. The molecule has 128 valence electrons. The zero-order valence-electron chi connectivity index (χ0n) is 14.4. The highest BCUT2D eigenvalue weighted by Crippen LogP contribution is 2.17. The van der Waals surface area contributed by atoms with Gasteiger partial charge in [-0.05, 0) is 42.0 Å².